The van der Waals surface area contributed by atoms with Crippen molar-refractivity contribution in [1.82, 2.24) is 5.32 Å². The molecule has 0 aliphatic heterocycles. The highest BCUT2D eigenvalue weighted by Crippen LogP contribution is 2.39. The molecule has 2 aromatic rings. The number of hydrogen-bond acceptors (Lipinski definition) is 3. The van der Waals surface area contributed by atoms with Crippen LogP contribution in [0.15, 0.2) is 28.7 Å². The molecule has 0 saturated carbocycles. The predicted octanol–water partition coefficient (Wildman–Crippen LogP) is 3.61. The fourth-order valence-corrected chi connectivity index (χ4v) is 4.18. The van der Waals surface area contributed by atoms with Crippen molar-refractivity contribution in [1.29, 1.82) is 0 Å². The van der Waals surface area contributed by atoms with E-state index in [0.717, 1.165) is 29.3 Å². The Labute approximate surface area is 141 Å². The average molecular weight is 379 g/mol. The molecule has 114 valence electrons. The minimum atomic E-state index is -0.197. The fraction of sp³-hybridized carbons (Fsp3) is 0.250. The Morgan fingerprint density at radius 3 is 2.55 bits per heavy atom. The van der Waals surface area contributed by atoms with Crippen molar-refractivity contribution in [3.05, 3.63) is 50.3 Å². The van der Waals surface area contributed by atoms with Gasteiger partial charge in [-0.25, -0.2) is 0 Å². The molecule has 1 aliphatic carbocycles. The summed E-state index contributed by atoms with van der Waals surface area (Å²) < 4.78 is 0.921. The first-order valence-corrected chi connectivity index (χ1v) is 8.64. The molecule has 0 unspecified atom stereocenters. The van der Waals surface area contributed by atoms with Gasteiger partial charge in [-0.1, -0.05) is 15.9 Å². The van der Waals surface area contributed by atoms with Gasteiger partial charge in [0, 0.05) is 22.0 Å². The zero-order valence-electron chi connectivity index (χ0n) is 12.0. The number of amides is 2. The second-order valence-corrected chi connectivity index (χ2v) is 7.12. The third-order valence-electron chi connectivity index (χ3n) is 3.71. The van der Waals surface area contributed by atoms with Crippen molar-refractivity contribution in [2.75, 3.05) is 12.4 Å². The summed E-state index contributed by atoms with van der Waals surface area (Å²) in [5.41, 5.74) is 2.29. The number of anilines is 1. The first-order chi connectivity index (χ1) is 10.6. The van der Waals surface area contributed by atoms with Crippen LogP contribution in [0.1, 0.15) is 37.6 Å². The Hall–Kier alpha value is -1.66. The van der Waals surface area contributed by atoms with Gasteiger partial charge in [0.1, 0.15) is 5.00 Å². The molecule has 2 amide bonds. The van der Waals surface area contributed by atoms with Crippen LogP contribution in [0.4, 0.5) is 5.00 Å². The van der Waals surface area contributed by atoms with Crippen LogP contribution in [-0.2, 0) is 12.8 Å². The molecule has 0 radical (unpaired) electrons. The molecule has 0 fully saturated rings. The third kappa shape index (κ3) is 2.80. The van der Waals surface area contributed by atoms with E-state index in [1.54, 1.807) is 19.2 Å². The monoisotopic (exact) mass is 378 g/mol. The van der Waals surface area contributed by atoms with Crippen LogP contribution in [0.5, 0.6) is 0 Å². The number of rotatable bonds is 3. The van der Waals surface area contributed by atoms with Crippen molar-refractivity contribution in [2.24, 2.45) is 0 Å². The summed E-state index contributed by atoms with van der Waals surface area (Å²) >= 11 is 4.87. The lowest BCUT2D eigenvalue weighted by atomic mass is 10.1. The number of fused-ring (bicyclic) bond motifs is 1. The van der Waals surface area contributed by atoms with Crippen LogP contribution < -0.4 is 10.6 Å². The summed E-state index contributed by atoms with van der Waals surface area (Å²) in [6, 6.07) is 7.15. The van der Waals surface area contributed by atoms with E-state index >= 15 is 0 Å². The lowest BCUT2D eigenvalue weighted by molar-refractivity contribution is 0.0963. The zero-order valence-corrected chi connectivity index (χ0v) is 14.4. The van der Waals surface area contributed by atoms with Gasteiger partial charge < -0.3 is 10.6 Å². The standard InChI is InChI=1S/C16H15BrN2O2S/c1-18-15(21)13-11-3-2-4-12(11)22-16(13)19-14(20)9-5-7-10(17)8-6-9/h5-8H,2-4H2,1H3,(H,18,21)(H,19,20). The topological polar surface area (TPSA) is 58.2 Å². The molecule has 0 atom stereocenters. The molecule has 1 heterocycles. The lowest BCUT2D eigenvalue weighted by Crippen LogP contribution is -2.21. The molecular weight excluding hydrogens is 364 g/mol. The first-order valence-electron chi connectivity index (χ1n) is 7.03. The molecule has 1 aromatic heterocycles. The summed E-state index contributed by atoms with van der Waals surface area (Å²) in [5, 5.41) is 6.21. The second-order valence-electron chi connectivity index (χ2n) is 5.10. The number of hydrogen-bond donors (Lipinski definition) is 2. The van der Waals surface area contributed by atoms with Crippen molar-refractivity contribution in [3.63, 3.8) is 0 Å². The molecule has 1 aromatic carbocycles. The van der Waals surface area contributed by atoms with Gasteiger partial charge in [0.2, 0.25) is 0 Å². The maximum absolute atomic E-state index is 12.4. The van der Waals surface area contributed by atoms with Crippen LogP contribution in [0.25, 0.3) is 0 Å². The molecule has 22 heavy (non-hydrogen) atoms. The zero-order chi connectivity index (χ0) is 15.7. The second kappa shape index (κ2) is 6.22. The normalized spacial score (nSPS) is 12.8. The molecule has 6 heteroatoms. The average Bonchev–Trinajstić information content (AvgIpc) is 3.07. The van der Waals surface area contributed by atoms with Crippen LogP contribution in [0, 0.1) is 0 Å². The molecule has 0 spiro atoms. The Kier molecular flexibility index (Phi) is 4.31. The predicted molar refractivity (Wildman–Crippen MR) is 91.8 cm³/mol. The van der Waals surface area contributed by atoms with Crippen LogP contribution >= 0.6 is 27.3 Å². The first kappa shape index (κ1) is 15.2. The summed E-state index contributed by atoms with van der Waals surface area (Å²) in [6.07, 6.45) is 2.97. The molecule has 1 aliphatic rings. The number of halogens is 1. The summed E-state index contributed by atoms with van der Waals surface area (Å²) in [5.74, 6) is -0.330. The number of nitrogens with one attached hydrogen (secondary N) is 2. The molecular formula is C16H15BrN2O2S. The van der Waals surface area contributed by atoms with Gasteiger partial charge >= 0.3 is 0 Å². The van der Waals surface area contributed by atoms with Gasteiger partial charge in [0.15, 0.2) is 0 Å². The van der Waals surface area contributed by atoms with Gasteiger partial charge in [0.25, 0.3) is 11.8 Å². The largest absolute Gasteiger partial charge is 0.355 e. The molecule has 2 N–H and O–H groups in total. The van der Waals surface area contributed by atoms with E-state index in [1.807, 2.05) is 12.1 Å². The summed E-state index contributed by atoms with van der Waals surface area (Å²) in [4.78, 5) is 25.7. The Morgan fingerprint density at radius 2 is 1.86 bits per heavy atom. The van der Waals surface area contributed by atoms with E-state index in [0.29, 0.717) is 16.1 Å². The van der Waals surface area contributed by atoms with Crippen molar-refractivity contribution in [2.45, 2.75) is 19.3 Å². The maximum Gasteiger partial charge on any atom is 0.256 e. The van der Waals surface area contributed by atoms with Gasteiger partial charge in [-0.3, -0.25) is 9.59 Å². The van der Waals surface area contributed by atoms with Gasteiger partial charge in [0.05, 0.1) is 5.56 Å². The SMILES string of the molecule is CNC(=O)c1c(NC(=O)c2ccc(Br)cc2)sc2c1CCC2. The summed E-state index contributed by atoms with van der Waals surface area (Å²) in [7, 11) is 1.61. The highest BCUT2D eigenvalue weighted by Gasteiger charge is 2.27. The minimum Gasteiger partial charge on any atom is -0.355 e. The van der Waals surface area contributed by atoms with E-state index in [-0.39, 0.29) is 11.8 Å². The number of carbonyl (C=O) groups excluding carboxylic acids is 2. The Balaban J connectivity index is 1.90. The van der Waals surface area contributed by atoms with E-state index < -0.39 is 0 Å². The van der Waals surface area contributed by atoms with Crippen molar-refractivity contribution in [3.8, 4) is 0 Å². The van der Waals surface area contributed by atoms with E-state index in [1.165, 1.54) is 16.2 Å². The summed E-state index contributed by atoms with van der Waals surface area (Å²) in [6.45, 7) is 0. The minimum absolute atomic E-state index is 0.134. The van der Waals surface area contributed by atoms with E-state index in [9.17, 15) is 9.59 Å². The maximum atomic E-state index is 12.4. The Morgan fingerprint density at radius 1 is 1.14 bits per heavy atom. The van der Waals surface area contributed by atoms with Gasteiger partial charge in [-0.2, -0.15) is 0 Å². The van der Waals surface area contributed by atoms with Gasteiger partial charge in [-0.15, -0.1) is 11.3 Å². The van der Waals surface area contributed by atoms with E-state index in [4.69, 9.17) is 0 Å². The van der Waals surface area contributed by atoms with Gasteiger partial charge in [-0.05, 0) is 49.1 Å². The quantitative estimate of drug-likeness (QED) is 0.856. The van der Waals surface area contributed by atoms with Crippen molar-refractivity contribution >= 4 is 44.1 Å². The molecule has 3 rings (SSSR count). The molecule has 0 saturated heterocycles. The fourth-order valence-electron chi connectivity index (χ4n) is 2.63. The van der Waals surface area contributed by atoms with Crippen molar-refractivity contribution < 1.29 is 9.59 Å². The highest BCUT2D eigenvalue weighted by atomic mass is 79.9. The number of carbonyl (C=O) groups is 2. The van der Waals surface area contributed by atoms with E-state index in [2.05, 4.69) is 26.6 Å². The molecule has 4 nitrogen and oxygen atoms in total. The Bertz CT molecular complexity index is 737. The highest BCUT2D eigenvalue weighted by molar-refractivity contribution is 9.10. The number of thiophene rings is 1. The van der Waals surface area contributed by atoms with Crippen LogP contribution in [0.2, 0.25) is 0 Å². The number of benzene rings is 1. The molecule has 0 bridgehead atoms. The van der Waals surface area contributed by atoms with Crippen LogP contribution in [0.3, 0.4) is 0 Å². The third-order valence-corrected chi connectivity index (χ3v) is 5.44. The smallest absolute Gasteiger partial charge is 0.256 e. The van der Waals surface area contributed by atoms with Crippen LogP contribution in [-0.4, -0.2) is 18.9 Å². The lowest BCUT2D eigenvalue weighted by Gasteiger charge is -2.07. The number of aryl methyl sites for hydroxylation is 1.